The van der Waals surface area contributed by atoms with E-state index in [2.05, 4.69) is 16.4 Å². The number of aromatic nitrogens is 2. The first-order chi connectivity index (χ1) is 13.1. The topological polar surface area (TPSA) is 46.9 Å². The molecule has 27 heavy (non-hydrogen) atoms. The van der Waals surface area contributed by atoms with Crippen LogP contribution in [0.4, 0.5) is 14.5 Å². The van der Waals surface area contributed by atoms with Gasteiger partial charge in [-0.1, -0.05) is 24.3 Å². The van der Waals surface area contributed by atoms with Crippen molar-refractivity contribution in [2.24, 2.45) is 5.92 Å². The molecule has 0 saturated carbocycles. The number of carbonyl (C=O) groups is 1. The minimum atomic E-state index is -2.69. The summed E-state index contributed by atoms with van der Waals surface area (Å²) in [6.07, 6.45) is 6.64. The number of nitrogens with one attached hydrogen (secondary N) is 1. The molecule has 0 saturated heterocycles. The number of rotatable bonds is 4. The molecule has 1 heterocycles. The number of halogens is 2. The molecule has 138 valence electrons. The maximum absolute atomic E-state index is 13.6. The number of benzene rings is 2. The molecule has 6 heteroatoms. The molecule has 1 aliphatic rings. The Bertz CT molecular complexity index is 992. The molecule has 3 aromatic rings. The smallest absolute Gasteiger partial charge is 0.320 e. The summed E-state index contributed by atoms with van der Waals surface area (Å²) in [4.78, 5) is 16.7. The lowest BCUT2D eigenvalue weighted by Gasteiger charge is -2.17. The van der Waals surface area contributed by atoms with Gasteiger partial charge in [-0.25, -0.2) is 4.98 Å². The van der Waals surface area contributed by atoms with Crippen LogP contribution in [0.3, 0.4) is 0 Å². The summed E-state index contributed by atoms with van der Waals surface area (Å²) in [5, 5.41) is 2.91. The third-order valence-corrected chi connectivity index (χ3v) is 4.84. The number of alkyl halides is 2. The van der Waals surface area contributed by atoms with Crippen LogP contribution in [0.2, 0.25) is 0 Å². The van der Waals surface area contributed by atoms with Gasteiger partial charge in [-0.3, -0.25) is 9.36 Å². The minimum Gasteiger partial charge on any atom is -0.326 e. The van der Waals surface area contributed by atoms with Crippen LogP contribution < -0.4 is 5.32 Å². The molecule has 4 nitrogen and oxygen atoms in total. The van der Waals surface area contributed by atoms with Gasteiger partial charge in [0.2, 0.25) is 5.91 Å². The van der Waals surface area contributed by atoms with Gasteiger partial charge in [0.25, 0.3) is 0 Å². The Morgan fingerprint density at radius 1 is 1.11 bits per heavy atom. The van der Waals surface area contributed by atoms with E-state index in [1.54, 1.807) is 48.5 Å². The molecule has 2 aromatic carbocycles. The third-order valence-electron chi connectivity index (χ3n) is 4.84. The molecule has 0 fully saturated rings. The normalized spacial score (nSPS) is 16.8. The number of carbonyl (C=O) groups excluding carboxylic acids is 1. The quantitative estimate of drug-likeness (QED) is 0.628. The molecule has 0 radical (unpaired) electrons. The predicted octanol–water partition coefficient (Wildman–Crippen LogP) is 5.39. The van der Waals surface area contributed by atoms with Gasteiger partial charge < -0.3 is 5.32 Å². The van der Waals surface area contributed by atoms with Crippen molar-refractivity contribution in [3.8, 4) is 11.4 Å². The van der Waals surface area contributed by atoms with E-state index in [0.717, 1.165) is 23.8 Å². The largest absolute Gasteiger partial charge is 0.326 e. The standard InChI is InChI=1S/C21H19F2N3O/c22-21(23)26-18-9-5-4-8-17(18)25-19(26)14-10-12-16(13-11-14)24-20(27)15-6-2-1-3-7-15/h1-2,4-5,8-13,15,21H,3,6-7H2,(H,24,27). The van der Waals surface area contributed by atoms with E-state index in [9.17, 15) is 13.6 Å². The number of amides is 1. The van der Waals surface area contributed by atoms with Gasteiger partial charge in [0.05, 0.1) is 11.0 Å². The maximum atomic E-state index is 13.6. The van der Waals surface area contributed by atoms with Crippen LogP contribution in [0.25, 0.3) is 22.4 Å². The van der Waals surface area contributed by atoms with Crippen LogP contribution in [0.15, 0.2) is 60.7 Å². The van der Waals surface area contributed by atoms with Crippen LogP contribution in [-0.2, 0) is 4.79 Å². The van der Waals surface area contributed by atoms with Crippen LogP contribution in [0.1, 0.15) is 25.8 Å². The second kappa shape index (κ2) is 7.31. The van der Waals surface area contributed by atoms with Crippen molar-refractivity contribution in [1.29, 1.82) is 0 Å². The first-order valence-electron chi connectivity index (χ1n) is 8.95. The van der Waals surface area contributed by atoms with Gasteiger partial charge in [-0.15, -0.1) is 0 Å². The van der Waals surface area contributed by atoms with E-state index in [1.807, 2.05) is 6.08 Å². The summed E-state index contributed by atoms with van der Waals surface area (Å²) >= 11 is 0. The SMILES string of the molecule is O=C(Nc1ccc(-c2nc3ccccc3n2C(F)F)cc1)C1CC=CCC1. The number of imidazole rings is 1. The monoisotopic (exact) mass is 367 g/mol. The van der Waals surface area contributed by atoms with Gasteiger partial charge in [0, 0.05) is 17.2 Å². The lowest BCUT2D eigenvalue weighted by atomic mass is 9.93. The zero-order valence-electron chi connectivity index (χ0n) is 14.6. The van der Waals surface area contributed by atoms with E-state index in [0.29, 0.717) is 22.3 Å². The average molecular weight is 367 g/mol. The molecule has 1 aliphatic carbocycles. The zero-order chi connectivity index (χ0) is 18.8. The lowest BCUT2D eigenvalue weighted by Crippen LogP contribution is -2.23. The highest BCUT2D eigenvalue weighted by Crippen LogP contribution is 2.30. The van der Waals surface area contributed by atoms with E-state index in [4.69, 9.17) is 0 Å². The highest BCUT2D eigenvalue weighted by molar-refractivity contribution is 5.93. The summed E-state index contributed by atoms with van der Waals surface area (Å²) in [5.41, 5.74) is 2.14. The third kappa shape index (κ3) is 3.47. The van der Waals surface area contributed by atoms with Gasteiger partial charge in [-0.05, 0) is 55.7 Å². The van der Waals surface area contributed by atoms with Gasteiger partial charge >= 0.3 is 6.55 Å². The first kappa shape index (κ1) is 17.4. The van der Waals surface area contributed by atoms with Crippen LogP contribution in [-0.4, -0.2) is 15.5 Å². The fourth-order valence-electron chi connectivity index (χ4n) is 3.42. The number of anilines is 1. The van der Waals surface area contributed by atoms with E-state index >= 15 is 0 Å². The van der Waals surface area contributed by atoms with Crippen molar-refractivity contribution in [2.75, 3.05) is 5.32 Å². The number of nitrogens with zero attached hydrogens (tertiary/aromatic N) is 2. The molecule has 1 amide bonds. The van der Waals surface area contributed by atoms with Gasteiger partial charge in [-0.2, -0.15) is 8.78 Å². The van der Waals surface area contributed by atoms with E-state index < -0.39 is 6.55 Å². The first-order valence-corrected chi connectivity index (χ1v) is 8.95. The van der Waals surface area contributed by atoms with Crippen LogP contribution in [0.5, 0.6) is 0 Å². The molecule has 1 atom stereocenters. The Balaban J connectivity index is 1.59. The van der Waals surface area contributed by atoms with Crippen molar-refractivity contribution in [2.45, 2.75) is 25.8 Å². The van der Waals surface area contributed by atoms with Crippen LogP contribution >= 0.6 is 0 Å². The number of hydrogen-bond acceptors (Lipinski definition) is 2. The van der Waals surface area contributed by atoms with Gasteiger partial charge in [0.1, 0.15) is 5.82 Å². The fraction of sp³-hybridized carbons (Fsp3) is 0.238. The molecule has 4 rings (SSSR count). The second-order valence-corrected chi connectivity index (χ2v) is 6.62. The molecule has 0 aliphatic heterocycles. The summed E-state index contributed by atoms with van der Waals surface area (Å²) in [5.74, 6) is 0.186. The number of allylic oxidation sites excluding steroid dienone is 2. The lowest BCUT2D eigenvalue weighted by molar-refractivity contribution is -0.120. The predicted molar refractivity (Wildman–Crippen MR) is 102 cm³/mol. The Labute approximate surface area is 155 Å². The summed E-state index contributed by atoms with van der Waals surface area (Å²) in [6, 6.07) is 13.7. The Morgan fingerprint density at radius 3 is 2.59 bits per heavy atom. The number of hydrogen-bond donors (Lipinski definition) is 1. The summed E-state index contributed by atoms with van der Waals surface area (Å²) in [7, 11) is 0. The van der Waals surface area contributed by atoms with Crippen molar-refractivity contribution in [3.63, 3.8) is 0 Å². The highest BCUT2D eigenvalue weighted by atomic mass is 19.3. The molecule has 0 bridgehead atoms. The molecule has 1 N–H and O–H groups in total. The second-order valence-electron chi connectivity index (χ2n) is 6.62. The summed E-state index contributed by atoms with van der Waals surface area (Å²) in [6.45, 7) is -2.69. The number of fused-ring (bicyclic) bond motifs is 1. The minimum absolute atomic E-state index is 0.00748. The van der Waals surface area contributed by atoms with Crippen LogP contribution in [0, 0.1) is 5.92 Å². The fourth-order valence-corrected chi connectivity index (χ4v) is 3.42. The van der Waals surface area contributed by atoms with Crippen molar-refractivity contribution in [3.05, 3.63) is 60.7 Å². The molecular weight excluding hydrogens is 348 g/mol. The summed E-state index contributed by atoms with van der Waals surface area (Å²) < 4.78 is 28.1. The Morgan fingerprint density at radius 2 is 1.89 bits per heavy atom. The van der Waals surface area contributed by atoms with Gasteiger partial charge in [0.15, 0.2) is 0 Å². The van der Waals surface area contributed by atoms with E-state index in [1.165, 1.54) is 0 Å². The maximum Gasteiger partial charge on any atom is 0.320 e. The van der Waals surface area contributed by atoms with Crippen molar-refractivity contribution < 1.29 is 13.6 Å². The molecular formula is C21H19F2N3O. The molecule has 1 unspecified atom stereocenters. The number of para-hydroxylation sites is 2. The Hall–Kier alpha value is -3.02. The zero-order valence-corrected chi connectivity index (χ0v) is 14.6. The molecule has 1 aromatic heterocycles. The van der Waals surface area contributed by atoms with Crippen molar-refractivity contribution in [1.82, 2.24) is 9.55 Å². The van der Waals surface area contributed by atoms with E-state index in [-0.39, 0.29) is 17.6 Å². The Kier molecular flexibility index (Phi) is 4.71. The van der Waals surface area contributed by atoms with Crippen molar-refractivity contribution >= 4 is 22.6 Å². The average Bonchev–Trinajstić information content (AvgIpc) is 3.09. The highest BCUT2D eigenvalue weighted by Gasteiger charge is 2.20. The molecule has 0 spiro atoms.